The van der Waals surface area contributed by atoms with Crippen molar-refractivity contribution in [2.75, 3.05) is 11.9 Å². The maximum absolute atomic E-state index is 12.9. The van der Waals surface area contributed by atoms with Crippen LogP contribution in [0.2, 0.25) is 5.02 Å². The molecule has 0 bridgehead atoms. The predicted molar refractivity (Wildman–Crippen MR) is 108 cm³/mol. The molecule has 0 radical (unpaired) electrons. The fourth-order valence-corrected chi connectivity index (χ4v) is 3.34. The summed E-state index contributed by atoms with van der Waals surface area (Å²) in [6.45, 7) is 2.58. The van der Waals surface area contributed by atoms with E-state index in [2.05, 4.69) is 15.3 Å². The van der Waals surface area contributed by atoms with Crippen LogP contribution in [0.1, 0.15) is 47.8 Å². The Morgan fingerprint density at radius 3 is 2.72 bits per heavy atom. The summed E-state index contributed by atoms with van der Waals surface area (Å²) < 4.78 is 41.8. The summed E-state index contributed by atoms with van der Waals surface area (Å²) in [6.07, 6.45) is -3.97. The van der Waals surface area contributed by atoms with E-state index < -0.39 is 37.3 Å². The van der Waals surface area contributed by atoms with Crippen LogP contribution >= 0.6 is 11.6 Å². The number of alkyl halides is 3. The van der Waals surface area contributed by atoms with Crippen LogP contribution in [-0.4, -0.2) is 50.7 Å². The number of halogens is 4. The van der Waals surface area contributed by atoms with E-state index >= 15 is 0 Å². The SMILES string of the molecule is CC(O)C(=O)Nc1nccc2c1CN(C(C)c1cnc(OCCC(F)(F)F)c(Cl)c1)C2=O. The quantitative estimate of drug-likeness (QED) is 0.639. The minimum absolute atomic E-state index is 0.0206. The molecule has 2 unspecified atom stereocenters. The highest BCUT2D eigenvalue weighted by molar-refractivity contribution is 6.31. The summed E-state index contributed by atoms with van der Waals surface area (Å²) in [7, 11) is 0. The molecule has 8 nitrogen and oxygen atoms in total. The van der Waals surface area contributed by atoms with Crippen LogP contribution in [0.5, 0.6) is 5.88 Å². The van der Waals surface area contributed by atoms with E-state index in [1.165, 1.54) is 36.4 Å². The van der Waals surface area contributed by atoms with Crippen molar-refractivity contribution in [2.45, 2.75) is 45.1 Å². The lowest BCUT2D eigenvalue weighted by molar-refractivity contribution is -0.139. The summed E-state index contributed by atoms with van der Waals surface area (Å²) in [5.74, 6) is -0.901. The number of hydrogen-bond acceptors (Lipinski definition) is 6. The highest BCUT2D eigenvalue weighted by atomic mass is 35.5. The first-order valence-electron chi connectivity index (χ1n) is 9.60. The van der Waals surface area contributed by atoms with E-state index in [1.54, 1.807) is 6.92 Å². The number of ether oxygens (including phenoxy) is 1. The summed E-state index contributed by atoms with van der Waals surface area (Å²) in [6, 6.07) is 2.52. The van der Waals surface area contributed by atoms with Crippen molar-refractivity contribution in [3.63, 3.8) is 0 Å². The van der Waals surface area contributed by atoms with E-state index in [0.29, 0.717) is 16.7 Å². The highest BCUT2D eigenvalue weighted by Gasteiger charge is 2.34. The number of fused-ring (bicyclic) bond motifs is 1. The zero-order valence-electron chi connectivity index (χ0n) is 17.1. The molecule has 2 aromatic heterocycles. The number of nitrogens with one attached hydrogen (secondary N) is 1. The van der Waals surface area contributed by atoms with Crippen LogP contribution in [0, 0.1) is 0 Å². The van der Waals surface area contributed by atoms with Crippen LogP contribution in [0.4, 0.5) is 19.0 Å². The summed E-state index contributed by atoms with van der Waals surface area (Å²) in [4.78, 5) is 34.3. The van der Waals surface area contributed by atoms with Gasteiger partial charge in [-0.2, -0.15) is 13.2 Å². The first-order chi connectivity index (χ1) is 15.0. The highest BCUT2D eigenvalue weighted by Crippen LogP contribution is 2.35. The Morgan fingerprint density at radius 2 is 2.09 bits per heavy atom. The number of aromatic nitrogens is 2. The molecular formula is C20H20ClF3N4O4. The lowest BCUT2D eigenvalue weighted by Gasteiger charge is -2.25. The van der Waals surface area contributed by atoms with Gasteiger partial charge < -0.3 is 20.1 Å². The van der Waals surface area contributed by atoms with Gasteiger partial charge in [0.05, 0.1) is 25.6 Å². The maximum Gasteiger partial charge on any atom is 0.392 e. The smallest absolute Gasteiger partial charge is 0.392 e. The van der Waals surface area contributed by atoms with Crippen LogP contribution in [-0.2, 0) is 11.3 Å². The minimum atomic E-state index is -4.35. The van der Waals surface area contributed by atoms with Crippen LogP contribution in [0.3, 0.4) is 0 Å². The molecule has 2 aromatic rings. The number of nitrogens with zero attached hydrogens (tertiary/aromatic N) is 3. The van der Waals surface area contributed by atoms with Gasteiger partial charge >= 0.3 is 6.18 Å². The van der Waals surface area contributed by atoms with Crippen LogP contribution in [0.15, 0.2) is 24.5 Å². The molecule has 0 fully saturated rings. The number of anilines is 1. The van der Waals surface area contributed by atoms with Crippen molar-refractivity contribution in [3.8, 4) is 5.88 Å². The normalized spacial score (nSPS) is 15.3. The van der Waals surface area contributed by atoms with Gasteiger partial charge in [-0.25, -0.2) is 9.97 Å². The van der Waals surface area contributed by atoms with Gasteiger partial charge in [0.25, 0.3) is 11.8 Å². The van der Waals surface area contributed by atoms with Crippen molar-refractivity contribution in [1.82, 2.24) is 14.9 Å². The van der Waals surface area contributed by atoms with Crippen molar-refractivity contribution >= 4 is 29.2 Å². The third-order valence-electron chi connectivity index (χ3n) is 4.90. The van der Waals surface area contributed by atoms with E-state index in [9.17, 15) is 27.9 Å². The number of pyridine rings is 2. The van der Waals surface area contributed by atoms with Crippen molar-refractivity contribution < 1.29 is 32.6 Å². The van der Waals surface area contributed by atoms with Crippen molar-refractivity contribution in [1.29, 1.82) is 0 Å². The topological polar surface area (TPSA) is 105 Å². The lowest BCUT2D eigenvalue weighted by Crippen LogP contribution is -2.27. The number of rotatable bonds is 7. The molecule has 0 saturated heterocycles. The largest absolute Gasteiger partial charge is 0.476 e. The predicted octanol–water partition coefficient (Wildman–Crippen LogP) is 3.50. The number of carbonyl (C=O) groups excluding carboxylic acids is 2. The molecule has 0 saturated carbocycles. The summed E-state index contributed by atoms with van der Waals surface area (Å²) >= 11 is 6.11. The molecule has 0 spiro atoms. The van der Waals surface area contributed by atoms with Crippen molar-refractivity contribution in [2.24, 2.45) is 0 Å². The Balaban J connectivity index is 1.75. The van der Waals surface area contributed by atoms with Gasteiger partial charge in [0.15, 0.2) is 0 Å². The number of amides is 2. The second kappa shape index (κ2) is 9.29. The number of aliphatic hydroxyl groups is 1. The number of hydrogen-bond donors (Lipinski definition) is 2. The molecule has 0 aromatic carbocycles. The molecular weight excluding hydrogens is 453 g/mol. The van der Waals surface area contributed by atoms with Gasteiger partial charge in [-0.05, 0) is 31.5 Å². The molecule has 2 atom stereocenters. The van der Waals surface area contributed by atoms with Gasteiger partial charge in [-0.1, -0.05) is 11.6 Å². The van der Waals surface area contributed by atoms with Crippen LogP contribution in [0.25, 0.3) is 0 Å². The van der Waals surface area contributed by atoms with E-state index in [0.717, 1.165) is 0 Å². The molecule has 172 valence electrons. The summed E-state index contributed by atoms with van der Waals surface area (Å²) in [5.41, 5.74) is 1.41. The molecule has 3 rings (SSSR count). The first kappa shape index (κ1) is 23.7. The molecule has 2 N–H and O–H groups in total. The maximum atomic E-state index is 12.9. The molecule has 0 aliphatic carbocycles. The Hall–Kier alpha value is -2.92. The number of carbonyl (C=O) groups is 2. The van der Waals surface area contributed by atoms with Gasteiger partial charge in [0, 0.05) is 23.5 Å². The number of aliphatic hydroxyl groups excluding tert-OH is 1. The molecule has 3 heterocycles. The Bertz CT molecular complexity index is 1030. The molecule has 32 heavy (non-hydrogen) atoms. The van der Waals surface area contributed by atoms with Crippen molar-refractivity contribution in [3.05, 3.63) is 46.2 Å². The average molecular weight is 473 g/mol. The van der Waals surface area contributed by atoms with Gasteiger partial charge in [0.2, 0.25) is 5.88 Å². The summed E-state index contributed by atoms with van der Waals surface area (Å²) in [5, 5.41) is 11.9. The monoisotopic (exact) mass is 472 g/mol. The fourth-order valence-electron chi connectivity index (χ4n) is 3.11. The molecule has 1 aliphatic heterocycles. The van der Waals surface area contributed by atoms with Gasteiger partial charge in [-0.15, -0.1) is 0 Å². The van der Waals surface area contributed by atoms with Gasteiger partial charge in [0.1, 0.15) is 16.9 Å². The second-order valence-corrected chi connectivity index (χ2v) is 7.64. The van der Waals surface area contributed by atoms with E-state index in [-0.39, 0.29) is 29.2 Å². The standard InChI is InChI=1S/C20H20ClF3N4O4/c1-10(12-7-15(21)18(26-8-12)32-6-4-20(22,23)24)28-9-14-13(19(28)31)3-5-25-16(14)27-17(30)11(2)29/h3,5,7-8,10-11,29H,4,6,9H2,1-2H3,(H,25,27,30). The Labute approximate surface area is 186 Å². The molecule has 1 aliphatic rings. The average Bonchev–Trinajstić information content (AvgIpc) is 3.05. The van der Waals surface area contributed by atoms with Crippen LogP contribution < -0.4 is 10.1 Å². The third-order valence-corrected chi connectivity index (χ3v) is 5.17. The molecule has 12 heteroatoms. The van der Waals surface area contributed by atoms with E-state index in [4.69, 9.17) is 16.3 Å². The zero-order valence-corrected chi connectivity index (χ0v) is 17.9. The lowest BCUT2D eigenvalue weighted by atomic mass is 10.1. The third kappa shape index (κ3) is 5.28. The first-order valence-corrected chi connectivity index (χ1v) is 9.98. The zero-order chi connectivity index (χ0) is 23.6. The fraction of sp³-hybridized carbons (Fsp3) is 0.400. The Kier molecular flexibility index (Phi) is 6.89. The van der Waals surface area contributed by atoms with E-state index in [1.807, 2.05) is 0 Å². The van der Waals surface area contributed by atoms with Gasteiger partial charge in [-0.3, -0.25) is 9.59 Å². The minimum Gasteiger partial charge on any atom is -0.476 e. The second-order valence-electron chi connectivity index (χ2n) is 7.23. The Morgan fingerprint density at radius 1 is 1.38 bits per heavy atom. The molecule has 2 amide bonds.